The first-order valence-corrected chi connectivity index (χ1v) is 10.5. The molecule has 3 aliphatic heterocycles. The number of benzene rings is 1. The molecule has 0 unspecified atom stereocenters. The fourth-order valence-electron chi connectivity index (χ4n) is 4.58. The Morgan fingerprint density at radius 3 is 2.47 bits per heavy atom. The highest BCUT2D eigenvalue weighted by Gasteiger charge is 2.24. The molecular formula is C24H23N5O. The number of rotatable bonds is 3. The molecule has 150 valence electrons. The van der Waals surface area contributed by atoms with Crippen molar-refractivity contribution in [1.82, 2.24) is 9.97 Å². The van der Waals surface area contributed by atoms with Crippen LogP contribution in [-0.4, -0.2) is 49.0 Å². The average Bonchev–Trinajstić information content (AvgIpc) is 3.48. The zero-order valence-electron chi connectivity index (χ0n) is 16.8. The van der Waals surface area contributed by atoms with E-state index >= 15 is 0 Å². The van der Waals surface area contributed by atoms with E-state index in [0.29, 0.717) is 6.54 Å². The summed E-state index contributed by atoms with van der Waals surface area (Å²) in [5.74, 6) is 1.01. The van der Waals surface area contributed by atoms with Gasteiger partial charge in [0.25, 0.3) is 0 Å². The smallest absolute Gasteiger partial charge is 0.131 e. The summed E-state index contributed by atoms with van der Waals surface area (Å²) in [7, 11) is 0. The van der Waals surface area contributed by atoms with Crippen LogP contribution in [-0.2, 0) is 17.8 Å². The van der Waals surface area contributed by atoms with Crippen LogP contribution in [0, 0.1) is 0 Å². The number of fused-ring (bicyclic) bond motifs is 2. The third-order valence-electron chi connectivity index (χ3n) is 6.16. The van der Waals surface area contributed by atoms with Crippen molar-refractivity contribution >= 4 is 34.2 Å². The summed E-state index contributed by atoms with van der Waals surface area (Å²) < 4.78 is 5.57. The summed E-state index contributed by atoms with van der Waals surface area (Å²) >= 11 is 0. The first kappa shape index (κ1) is 17.6. The van der Waals surface area contributed by atoms with Gasteiger partial charge in [0.1, 0.15) is 11.3 Å². The van der Waals surface area contributed by atoms with Crippen molar-refractivity contribution in [2.45, 2.75) is 13.1 Å². The van der Waals surface area contributed by atoms with E-state index in [4.69, 9.17) is 14.7 Å². The number of pyridine rings is 2. The van der Waals surface area contributed by atoms with Gasteiger partial charge < -0.3 is 14.5 Å². The fourth-order valence-corrected chi connectivity index (χ4v) is 4.58. The SMILES string of the molecule is C1=NCC(c2nccc3c(N4Cc5ccccc5C4)cc(N4CCOCC4)nc23)=C1. The molecule has 3 aromatic rings. The summed E-state index contributed by atoms with van der Waals surface area (Å²) in [4.78, 5) is 19.0. The second-order valence-corrected chi connectivity index (χ2v) is 7.96. The number of aromatic nitrogens is 2. The Hall–Kier alpha value is -3.25. The Morgan fingerprint density at radius 1 is 0.933 bits per heavy atom. The maximum atomic E-state index is 5.57. The molecule has 0 bridgehead atoms. The number of aliphatic imine (C=N–C) groups is 1. The van der Waals surface area contributed by atoms with Crippen molar-refractivity contribution in [3.05, 3.63) is 65.5 Å². The summed E-state index contributed by atoms with van der Waals surface area (Å²) in [5.41, 5.74) is 7.05. The lowest BCUT2D eigenvalue weighted by Crippen LogP contribution is -2.37. The molecule has 0 aliphatic carbocycles. The van der Waals surface area contributed by atoms with Gasteiger partial charge in [-0.2, -0.15) is 0 Å². The molecule has 1 saturated heterocycles. The Labute approximate surface area is 175 Å². The molecule has 0 spiro atoms. The van der Waals surface area contributed by atoms with Crippen molar-refractivity contribution in [1.29, 1.82) is 0 Å². The Balaban J connectivity index is 1.51. The standard InChI is InChI=1S/C24H23N5O/c1-2-4-19-16-29(15-18(19)3-1)21-13-22(28-9-11-30-12-10-28)27-24-20(21)6-8-26-23(24)17-5-7-25-14-17/h1-8,13H,9-12,14-16H2. The van der Waals surface area contributed by atoms with Crippen LogP contribution in [0.3, 0.4) is 0 Å². The molecule has 2 aromatic heterocycles. The molecule has 1 fully saturated rings. The van der Waals surface area contributed by atoms with Gasteiger partial charge in [0, 0.05) is 55.6 Å². The van der Waals surface area contributed by atoms with Gasteiger partial charge in [-0.15, -0.1) is 0 Å². The number of ether oxygens (including phenoxy) is 1. The lowest BCUT2D eigenvalue weighted by Gasteiger charge is -2.30. The van der Waals surface area contributed by atoms with Crippen LogP contribution in [0.5, 0.6) is 0 Å². The number of allylic oxidation sites excluding steroid dienone is 1. The van der Waals surface area contributed by atoms with E-state index in [1.165, 1.54) is 16.8 Å². The number of morpholine rings is 1. The first-order valence-electron chi connectivity index (χ1n) is 10.5. The summed E-state index contributed by atoms with van der Waals surface area (Å²) in [6.45, 7) is 5.70. The largest absolute Gasteiger partial charge is 0.378 e. The molecule has 0 atom stereocenters. The minimum absolute atomic E-state index is 0.667. The van der Waals surface area contributed by atoms with Gasteiger partial charge in [0.05, 0.1) is 31.1 Å². The van der Waals surface area contributed by atoms with Crippen molar-refractivity contribution in [2.24, 2.45) is 4.99 Å². The van der Waals surface area contributed by atoms with Crippen LogP contribution in [0.25, 0.3) is 16.5 Å². The summed E-state index contributed by atoms with van der Waals surface area (Å²) in [5, 5.41) is 1.15. The highest BCUT2D eigenvalue weighted by atomic mass is 16.5. The van der Waals surface area contributed by atoms with Crippen molar-refractivity contribution in [3.63, 3.8) is 0 Å². The molecule has 6 rings (SSSR count). The van der Waals surface area contributed by atoms with Gasteiger partial charge in [-0.25, -0.2) is 4.98 Å². The number of anilines is 2. The Bertz CT molecular complexity index is 1150. The number of nitrogens with zero attached hydrogens (tertiary/aromatic N) is 5. The molecule has 0 radical (unpaired) electrons. The monoisotopic (exact) mass is 397 g/mol. The molecule has 1 aromatic carbocycles. The van der Waals surface area contributed by atoms with Crippen molar-refractivity contribution < 1.29 is 4.74 Å². The number of hydrogen-bond donors (Lipinski definition) is 0. The van der Waals surface area contributed by atoms with E-state index < -0.39 is 0 Å². The number of hydrogen-bond acceptors (Lipinski definition) is 6. The van der Waals surface area contributed by atoms with Crippen molar-refractivity contribution in [3.8, 4) is 0 Å². The van der Waals surface area contributed by atoms with Gasteiger partial charge in [-0.05, 0) is 23.3 Å². The van der Waals surface area contributed by atoms with Crippen LogP contribution in [0.4, 0.5) is 11.5 Å². The highest BCUT2D eigenvalue weighted by molar-refractivity contribution is 6.01. The van der Waals surface area contributed by atoms with E-state index in [-0.39, 0.29) is 0 Å². The average molecular weight is 397 g/mol. The normalized spacial score (nSPS) is 18.2. The van der Waals surface area contributed by atoms with Crippen LogP contribution < -0.4 is 9.80 Å². The molecule has 6 nitrogen and oxygen atoms in total. The third kappa shape index (κ3) is 2.95. The molecule has 0 amide bonds. The minimum Gasteiger partial charge on any atom is -0.378 e. The van der Waals surface area contributed by atoms with Crippen molar-refractivity contribution in [2.75, 3.05) is 42.6 Å². The van der Waals surface area contributed by atoms with E-state index in [1.807, 2.05) is 12.4 Å². The second-order valence-electron chi connectivity index (χ2n) is 7.96. The topological polar surface area (TPSA) is 53.9 Å². The zero-order chi connectivity index (χ0) is 19.9. The molecule has 6 heteroatoms. The molecule has 0 saturated carbocycles. The van der Waals surface area contributed by atoms with Crippen LogP contribution >= 0.6 is 0 Å². The molecule has 0 N–H and O–H groups in total. The molecule has 3 aliphatic rings. The van der Waals surface area contributed by atoms with Crippen LogP contribution in [0.2, 0.25) is 0 Å². The predicted molar refractivity (Wildman–Crippen MR) is 120 cm³/mol. The maximum absolute atomic E-state index is 5.57. The van der Waals surface area contributed by atoms with E-state index in [2.05, 4.69) is 57.3 Å². The lowest BCUT2D eigenvalue weighted by atomic mass is 10.1. The van der Waals surface area contributed by atoms with Gasteiger partial charge >= 0.3 is 0 Å². The van der Waals surface area contributed by atoms with E-state index in [1.54, 1.807) is 0 Å². The van der Waals surface area contributed by atoms with E-state index in [0.717, 1.165) is 67.4 Å². The maximum Gasteiger partial charge on any atom is 0.131 e. The molecular weight excluding hydrogens is 374 g/mol. The molecule has 30 heavy (non-hydrogen) atoms. The minimum atomic E-state index is 0.667. The lowest BCUT2D eigenvalue weighted by molar-refractivity contribution is 0.122. The fraction of sp³-hybridized carbons (Fsp3) is 0.292. The second kappa shape index (κ2) is 7.22. The van der Waals surface area contributed by atoms with Gasteiger partial charge in [-0.1, -0.05) is 24.3 Å². The first-order chi connectivity index (χ1) is 14.9. The Kier molecular flexibility index (Phi) is 4.23. The van der Waals surface area contributed by atoms with E-state index in [9.17, 15) is 0 Å². The van der Waals surface area contributed by atoms with Gasteiger partial charge in [0.15, 0.2) is 0 Å². The third-order valence-corrected chi connectivity index (χ3v) is 6.16. The summed E-state index contributed by atoms with van der Waals surface area (Å²) in [6, 6.07) is 13.1. The van der Waals surface area contributed by atoms with Gasteiger partial charge in [0.2, 0.25) is 0 Å². The molecule has 5 heterocycles. The van der Waals surface area contributed by atoms with Gasteiger partial charge in [-0.3, -0.25) is 9.98 Å². The quantitative estimate of drug-likeness (QED) is 0.678. The zero-order valence-corrected chi connectivity index (χ0v) is 16.8. The van der Waals surface area contributed by atoms with Crippen LogP contribution in [0.1, 0.15) is 16.8 Å². The highest BCUT2D eigenvalue weighted by Crippen LogP contribution is 2.37. The predicted octanol–water partition coefficient (Wildman–Crippen LogP) is 3.45. The van der Waals surface area contributed by atoms with Crippen LogP contribution in [0.15, 0.2) is 53.7 Å². The summed E-state index contributed by atoms with van der Waals surface area (Å²) in [6.07, 6.45) is 5.82. The Morgan fingerprint density at radius 2 is 1.73 bits per heavy atom.